The van der Waals surface area contributed by atoms with Gasteiger partial charge in [0.25, 0.3) is 0 Å². The van der Waals surface area contributed by atoms with Crippen LogP contribution in [0.15, 0.2) is 30.3 Å². The number of hydrogen-bond donors (Lipinski definition) is 0. The maximum Gasteiger partial charge on any atom is 0.132 e. The third-order valence-corrected chi connectivity index (χ3v) is 3.12. The van der Waals surface area contributed by atoms with E-state index in [9.17, 15) is 0 Å². The molecule has 0 aromatic heterocycles. The van der Waals surface area contributed by atoms with Crippen molar-refractivity contribution in [1.29, 1.82) is 0 Å². The summed E-state index contributed by atoms with van der Waals surface area (Å²) in [5, 5.41) is 0. The summed E-state index contributed by atoms with van der Waals surface area (Å²) in [5.41, 5.74) is 1.44. The summed E-state index contributed by atoms with van der Waals surface area (Å²) in [6.07, 6.45) is 0. The summed E-state index contributed by atoms with van der Waals surface area (Å²) >= 11 is 0. The second-order valence-electron chi connectivity index (χ2n) is 3.43. The van der Waals surface area contributed by atoms with E-state index in [0.29, 0.717) is 0 Å². The predicted molar refractivity (Wildman–Crippen MR) is 65.6 cm³/mol. The quantitative estimate of drug-likeness (QED) is 0.504. The fourth-order valence-corrected chi connectivity index (χ4v) is 1.96. The van der Waals surface area contributed by atoms with E-state index < -0.39 is 0 Å². The minimum Gasteiger partial charge on any atom is -0.292 e. The maximum absolute atomic E-state index is 2.26. The molecular formula is C12H20BN+. The van der Waals surface area contributed by atoms with Crippen molar-refractivity contribution in [3.63, 3.8) is 0 Å². The molecule has 14 heavy (non-hydrogen) atoms. The van der Waals surface area contributed by atoms with E-state index in [2.05, 4.69) is 51.1 Å². The van der Waals surface area contributed by atoms with Gasteiger partial charge in [0, 0.05) is 8.41 Å². The lowest BCUT2D eigenvalue weighted by molar-refractivity contribution is 0.316. The summed E-state index contributed by atoms with van der Waals surface area (Å²) in [4.78, 5) is 0. The molecule has 0 aliphatic heterocycles. The second-order valence-corrected chi connectivity index (χ2v) is 3.43. The smallest absolute Gasteiger partial charge is 0.132 e. The summed E-state index contributed by atoms with van der Waals surface area (Å²) < 4.78 is 1.10. The van der Waals surface area contributed by atoms with Crippen LogP contribution in [0.3, 0.4) is 0 Å². The summed E-state index contributed by atoms with van der Waals surface area (Å²) in [5.74, 6) is 0. The first kappa shape index (κ1) is 13.2. The van der Waals surface area contributed by atoms with Crippen molar-refractivity contribution in [2.45, 2.75) is 20.8 Å². The third-order valence-electron chi connectivity index (χ3n) is 3.12. The average Bonchev–Trinajstić information content (AvgIpc) is 2.23. The van der Waals surface area contributed by atoms with Gasteiger partial charge in [0.05, 0.1) is 19.6 Å². The van der Waals surface area contributed by atoms with E-state index in [-0.39, 0.29) is 8.41 Å². The molecule has 0 saturated heterocycles. The second kappa shape index (κ2) is 5.87. The number of para-hydroxylation sites is 1. The molecular weight excluding hydrogens is 169 g/mol. The highest BCUT2D eigenvalue weighted by Gasteiger charge is 2.23. The molecule has 3 radical (unpaired) electrons. The van der Waals surface area contributed by atoms with Gasteiger partial charge in [0.2, 0.25) is 0 Å². The Labute approximate surface area is 89.9 Å². The highest BCUT2D eigenvalue weighted by atomic mass is 15.3. The first-order chi connectivity index (χ1) is 6.29. The Morgan fingerprint density at radius 2 is 1.29 bits per heavy atom. The van der Waals surface area contributed by atoms with Gasteiger partial charge in [-0.15, -0.1) is 0 Å². The highest BCUT2D eigenvalue weighted by molar-refractivity contribution is 5.75. The van der Waals surface area contributed by atoms with Crippen molar-refractivity contribution in [2.24, 2.45) is 0 Å². The van der Waals surface area contributed by atoms with Crippen LogP contribution in [0.1, 0.15) is 20.8 Å². The molecule has 0 atom stereocenters. The van der Waals surface area contributed by atoms with Gasteiger partial charge >= 0.3 is 0 Å². The lowest BCUT2D eigenvalue weighted by atomic mass is 10.2. The molecule has 75 valence electrons. The molecule has 0 spiro atoms. The van der Waals surface area contributed by atoms with E-state index in [1.165, 1.54) is 25.3 Å². The van der Waals surface area contributed by atoms with Crippen LogP contribution in [-0.2, 0) is 0 Å². The Morgan fingerprint density at radius 1 is 0.857 bits per heavy atom. The SMILES string of the molecule is CC[N+](CC)(CC)c1ccccc1.[B]. The number of nitrogens with zero attached hydrogens (tertiary/aromatic N) is 1. The van der Waals surface area contributed by atoms with Crippen LogP contribution in [-0.4, -0.2) is 28.0 Å². The van der Waals surface area contributed by atoms with Crippen LogP contribution in [0.25, 0.3) is 0 Å². The lowest BCUT2D eigenvalue weighted by Gasteiger charge is -2.35. The largest absolute Gasteiger partial charge is 0.292 e. The first-order valence-electron chi connectivity index (χ1n) is 5.20. The van der Waals surface area contributed by atoms with E-state index in [1.54, 1.807) is 0 Å². The molecule has 0 amide bonds. The first-order valence-corrected chi connectivity index (χ1v) is 5.20. The van der Waals surface area contributed by atoms with Crippen LogP contribution in [0.2, 0.25) is 0 Å². The fraction of sp³-hybridized carbons (Fsp3) is 0.500. The Morgan fingerprint density at radius 3 is 1.64 bits per heavy atom. The zero-order valence-electron chi connectivity index (χ0n) is 9.53. The van der Waals surface area contributed by atoms with Gasteiger partial charge in [-0.1, -0.05) is 18.2 Å². The molecule has 0 bridgehead atoms. The predicted octanol–water partition coefficient (Wildman–Crippen LogP) is 2.67. The zero-order valence-corrected chi connectivity index (χ0v) is 9.53. The van der Waals surface area contributed by atoms with Crippen LogP contribution in [0.5, 0.6) is 0 Å². The summed E-state index contributed by atoms with van der Waals surface area (Å²) in [6, 6.07) is 10.8. The third kappa shape index (κ3) is 2.39. The molecule has 1 nitrogen and oxygen atoms in total. The van der Waals surface area contributed by atoms with E-state index >= 15 is 0 Å². The van der Waals surface area contributed by atoms with Gasteiger partial charge in [0.15, 0.2) is 0 Å². The molecule has 0 N–H and O–H groups in total. The maximum atomic E-state index is 2.26. The van der Waals surface area contributed by atoms with Crippen molar-refractivity contribution in [2.75, 3.05) is 19.6 Å². The van der Waals surface area contributed by atoms with Gasteiger partial charge < -0.3 is 0 Å². The lowest BCUT2D eigenvalue weighted by Crippen LogP contribution is -2.48. The highest BCUT2D eigenvalue weighted by Crippen LogP contribution is 2.21. The minimum atomic E-state index is 0. The van der Waals surface area contributed by atoms with Crippen molar-refractivity contribution < 1.29 is 0 Å². The van der Waals surface area contributed by atoms with Gasteiger partial charge in [-0.25, -0.2) is 0 Å². The van der Waals surface area contributed by atoms with Gasteiger partial charge in [-0.05, 0) is 32.9 Å². The van der Waals surface area contributed by atoms with Gasteiger partial charge in [-0.2, -0.15) is 0 Å². The minimum absolute atomic E-state index is 0. The van der Waals surface area contributed by atoms with Crippen molar-refractivity contribution >= 4 is 14.1 Å². The monoisotopic (exact) mass is 189 g/mol. The molecule has 0 heterocycles. The van der Waals surface area contributed by atoms with Gasteiger partial charge in [0.1, 0.15) is 5.69 Å². The summed E-state index contributed by atoms with van der Waals surface area (Å²) in [7, 11) is 0. The molecule has 1 aromatic rings. The number of rotatable bonds is 4. The van der Waals surface area contributed by atoms with Crippen molar-refractivity contribution in [3.05, 3.63) is 30.3 Å². The molecule has 0 saturated carbocycles. The number of quaternary nitrogens is 1. The van der Waals surface area contributed by atoms with E-state index in [1.807, 2.05) is 0 Å². The Hall–Kier alpha value is -0.755. The van der Waals surface area contributed by atoms with E-state index in [0.717, 1.165) is 4.48 Å². The average molecular weight is 189 g/mol. The van der Waals surface area contributed by atoms with Crippen LogP contribution in [0.4, 0.5) is 5.69 Å². The standard InChI is InChI=1S/C12H20N.B/c1-4-13(5-2,6-3)12-10-8-7-9-11-12;/h7-11H,4-6H2,1-3H3;/q+1;. The zero-order chi connectivity index (χ0) is 9.73. The number of hydrogen-bond acceptors (Lipinski definition) is 0. The molecule has 1 aromatic carbocycles. The molecule has 2 heteroatoms. The van der Waals surface area contributed by atoms with Crippen molar-refractivity contribution in [3.8, 4) is 0 Å². The van der Waals surface area contributed by atoms with Crippen molar-refractivity contribution in [1.82, 2.24) is 4.48 Å². The fourth-order valence-electron chi connectivity index (χ4n) is 1.96. The van der Waals surface area contributed by atoms with Gasteiger partial charge in [-0.3, -0.25) is 4.48 Å². The summed E-state index contributed by atoms with van der Waals surface area (Å²) in [6.45, 7) is 10.3. The van der Waals surface area contributed by atoms with Crippen LogP contribution < -0.4 is 4.48 Å². The molecule has 0 fully saturated rings. The molecule has 1 rings (SSSR count). The van der Waals surface area contributed by atoms with E-state index in [4.69, 9.17) is 0 Å². The Balaban J connectivity index is 0.00000169. The van der Waals surface area contributed by atoms with Crippen LogP contribution >= 0.6 is 0 Å². The molecule has 0 aliphatic carbocycles. The van der Waals surface area contributed by atoms with Crippen LogP contribution in [0, 0.1) is 0 Å². The number of benzene rings is 1. The Bertz CT molecular complexity index is 233. The Kier molecular flexibility index (Phi) is 5.55. The topological polar surface area (TPSA) is 0 Å². The molecule has 0 unspecified atom stereocenters. The molecule has 0 aliphatic rings. The normalized spacial score (nSPS) is 10.8.